The minimum atomic E-state index is -0.694. The van der Waals surface area contributed by atoms with Crippen molar-refractivity contribution in [2.75, 3.05) is 24.6 Å². The summed E-state index contributed by atoms with van der Waals surface area (Å²) in [6.45, 7) is 6.15. The van der Waals surface area contributed by atoms with Crippen LogP contribution in [0.5, 0.6) is 0 Å². The van der Waals surface area contributed by atoms with E-state index >= 15 is 0 Å². The second-order valence-corrected chi connectivity index (χ2v) is 7.01. The highest BCUT2D eigenvalue weighted by Crippen LogP contribution is 2.31. The molecule has 104 valence electrons. The van der Waals surface area contributed by atoms with E-state index in [-0.39, 0.29) is 24.2 Å². The third-order valence-electron chi connectivity index (χ3n) is 3.75. The molecule has 0 aliphatic carbocycles. The standard InChI is InChI=1S/C13H23NO3S/c1-13(2)4-3-11(17-13)8-14-5-6-18-9-10(14)7-12(15)16/h10-11H,3-9H2,1-2H3,(H,15,16). The van der Waals surface area contributed by atoms with Crippen molar-refractivity contribution < 1.29 is 14.6 Å². The molecule has 5 heteroatoms. The van der Waals surface area contributed by atoms with E-state index in [1.807, 2.05) is 11.8 Å². The number of nitrogens with zero attached hydrogens (tertiary/aromatic N) is 1. The zero-order chi connectivity index (χ0) is 13.2. The average molecular weight is 273 g/mol. The number of ether oxygens (including phenoxy) is 1. The van der Waals surface area contributed by atoms with E-state index in [0.717, 1.165) is 37.4 Å². The summed E-state index contributed by atoms with van der Waals surface area (Å²) >= 11 is 1.86. The van der Waals surface area contributed by atoms with Gasteiger partial charge in [0.25, 0.3) is 0 Å². The molecule has 1 N–H and O–H groups in total. The highest BCUT2D eigenvalue weighted by atomic mass is 32.2. The normalized spacial score (nSPS) is 32.6. The Bertz CT molecular complexity index is 309. The Balaban J connectivity index is 1.87. The average Bonchev–Trinajstić information content (AvgIpc) is 2.60. The first kappa shape index (κ1) is 14.2. The van der Waals surface area contributed by atoms with E-state index in [1.54, 1.807) is 0 Å². The van der Waals surface area contributed by atoms with E-state index < -0.39 is 5.97 Å². The van der Waals surface area contributed by atoms with Crippen LogP contribution >= 0.6 is 11.8 Å². The van der Waals surface area contributed by atoms with Gasteiger partial charge in [0.15, 0.2) is 0 Å². The number of rotatable bonds is 4. The van der Waals surface area contributed by atoms with Crippen LogP contribution in [0.1, 0.15) is 33.1 Å². The molecule has 2 rings (SSSR count). The molecule has 2 aliphatic heterocycles. The fourth-order valence-electron chi connectivity index (χ4n) is 2.79. The van der Waals surface area contributed by atoms with Crippen LogP contribution in [0, 0.1) is 0 Å². The van der Waals surface area contributed by atoms with Crippen LogP contribution in [-0.4, -0.2) is 58.3 Å². The minimum Gasteiger partial charge on any atom is -0.481 e. The van der Waals surface area contributed by atoms with Crippen molar-refractivity contribution in [3.63, 3.8) is 0 Å². The van der Waals surface area contributed by atoms with Gasteiger partial charge in [-0.1, -0.05) is 0 Å². The predicted molar refractivity (Wildman–Crippen MR) is 73.1 cm³/mol. The minimum absolute atomic E-state index is 0.00248. The van der Waals surface area contributed by atoms with Gasteiger partial charge in [0.05, 0.1) is 18.1 Å². The smallest absolute Gasteiger partial charge is 0.304 e. The van der Waals surface area contributed by atoms with Gasteiger partial charge >= 0.3 is 5.97 Å². The fourth-order valence-corrected chi connectivity index (χ4v) is 3.92. The van der Waals surface area contributed by atoms with Crippen molar-refractivity contribution in [1.29, 1.82) is 0 Å². The van der Waals surface area contributed by atoms with Crippen molar-refractivity contribution in [2.45, 2.75) is 50.9 Å². The Morgan fingerprint density at radius 3 is 2.94 bits per heavy atom. The number of hydrogen-bond donors (Lipinski definition) is 1. The SMILES string of the molecule is CC1(C)CCC(CN2CCSCC2CC(=O)O)O1. The molecule has 2 heterocycles. The topological polar surface area (TPSA) is 49.8 Å². The van der Waals surface area contributed by atoms with Crippen LogP contribution < -0.4 is 0 Å². The zero-order valence-corrected chi connectivity index (χ0v) is 12.0. The largest absolute Gasteiger partial charge is 0.481 e. The lowest BCUT2D eigenvalue weighted by atomic mass is 10.1. The van der Waals surface area contributed by atoms with Crippen molar-refractivity contribution in [3.8, 4) is 0 Å². The van der Waals surface area contributed by atoms with Gasteiger partial charge in [0.1, 0.15) is 0 Å². The van der Waals surface area contributed by atoms with Gasteiger partial charge in [0.2, 0.25) is 0 Å². The predicted octanol–water partition coefficient (Wildman–Crippen LogP) is 1.84. The molecule has 0 saturated carbocycles. The Kier molecular flexibility index (Phi) is 4.56. The number of carboxylic acids is 1. The molecule has 0 aromatic heterocycles. The molecule has 0 aromatic carbocycles. The van der Waals surface area contributed by atoms with Crippen LogP contribution in [0.4, 0.5) is 0 Å². The monoisotopic (exact) mass is 273 g/mol. The molecular weight excluding hydrogens is 250 g/mol. The van der Waals surface area contributed by atoms with Crippen LogP contribution in [0.3, 0.4) is 0 Å². The van der Waals surface area contributed by atoms with Crippen LogP contribution in [0.2, 0.25) is 0 Å². The van der Waals surface area contributed by atoms with Gasteiger partial charge < -0.3 is 9.84 Å². The molecule has 2 saturated heterocycles. The van der Waals surface area contributed by atoms with Gasteiger partial charge in [-0.2, -0.15) is 11.8 Å². The summed E-state index contributed by atoms with van der Waals surface area (Å²) in [4.78, 5) is 13.2. The Morgan fingerprint density at radius 2 is 2.33 bits per heavy atom. The number of thioether (sulfide) groups is 1. The first-order valence-corrected chi connectivity index (χ1v) is 7.83. The summed E-state index contributed by atoms with van der Waals surface area (Å²) < 4.78 is 6.01. The van der Waals surface area contributed by atoms with Gasteiger partial charge in [-0.05, 0) is 26.7 Å². The third kappa shape index (κ3) is 3.87. The molecule has 0 spiro atoms. The lowest BCUT2D eigenvalue weighted by Crippen LogP contribution is -2.47. The highest BCUT2D eigenvalue weighted by molar-refractivity contribution is 7.99. The first-order chi connectivity index (χ1) is 8.46. The molecule has 4 nitrogen and oxygen atoms in total. The van der Waals surface area contributed by atoms with Gasteiger partial charge in [-0.25, -0.2) is 0 Å². The molecule has 18 heavy (non-hydrogen) atoms. The Labute approximate surface area is 113 Å². The summed E-state index contributed by atoms with van der Waals surface area (Å²) in [5.74, 6) is 1.34. The van der Waals surface area contributed by atoms with Crippen molar-refractivity contribution in [2.24, 2.45) is 0 Å². The van der Waals surface area contributed by atoms with Crippen molar-refractivity contribution in [3.05, 3.63) is 0 Å². The van der Waals surface area contributed by atoms with Crippen LogP contribution in [-0.2, 0) is 9.53 Å². The van der Waals surface area contributed by atoms with E-state index in [1.165, 1.54) is 0 Å². The number of carboxylic acid groups (broad SMARTS) is 1. The van der Waals surface area contributed by atoms with E-state index in [9.17, 15) is 4.79 Å². The zero-order valence-electron chi connectivity index (χ0n) is 11.2. The second kappa shape index (κ2) is 5.80. The molecular formula is C13H23NO3S. The number of carbonyl (C=O) groups is 1. The maximum atomic E-state index is 10.9. The first-order valence-electron chi connectivity index (χ1n) is 6.68. The van der Waals surface area contributed by atoms with Gasteiger partial charge in [0, 0.05) is 30.6 Å². The Morgan fingerprint density at radius 1 is 1.56 bits per heavy atom. The quantitative estimate of drug-likeness (QED) is 0.847. The van der Waals surface area contributed by atoms with E-state index in [0.29, 0.717) is 0 Å². The highest BCUT2D eigenvalue weighted by Gasteiger charge is 2.34. The maximum Gasteiger partial charge on any atom is 0.304 e. The number of aliphatic carboxylic acids is 1. The van der Waals surface area contributed by atoms with Gasteiger partial charge in [-0.3, -0.25) is 9.69 Å². The Hall–Kier alpha value is -0.260. The summed E-state index contributed by atoms with van der Waals surface area (Å²) in [5, 5.41) is 8.96. The van der Waals surface area contributed by atoms with E-state index in [4.69, 9.17) is 9.84 Å². The molecule has 2 atom stereocenters. The molecule has 0 aromatic rings. The summed E-state index contributed by atoms with van der Waals surface area (Å²) in [5.41, 5.74) is -0.00248. The van der Waals surface area contributed by atoms with Crippen molar-refractivity contribution in [1.82, 2.24) is 4.90 Å². The molecule has 0 bridgehead atoms. The van der Waals surface area contributed by atoms with Crippen LogP contribution in [0.25, 0.3) is 0 Å². The molecule has 2 fully saturated rings. The lowest BCUT2D eigenvalue weighted by molar-refractivity contribution is -0.138. The summed E-state index contributed by atoms with van der Waals surface area (Å²) in [7, 11) is 0. The maximum absolute atomic E-state index is 10.9. The van der Waals surface area contributed by atoms with Crippen molar-refractivity contribution >= 4 is 17.7 Å². The fraction of sp³-hybridized carbons (Fsp3) is 0.923. The molecule has 0 radical (unpaired) electrons. The molecule has 2 unspecified atom stereocenters. The number of hydrogen-bond acceptors (Lipinski definition) is 4. The second-order valence-electron chi connectivity index (χ2n) is 5.86. The third-order valence-corrected chi connectivity index (χ3v) is 4.84. The summed E-state index contributed by atoms with van der Waals surface area (Å²) in [6.07, 6.45) is 2.73. The van der Waals surface area contributed by atoms with Crippen LogP contribution in [0.15, 0.2) is 0 Å². The molecule has 2 aliphatic rings. The summed E-state index contributed by atoms with van der Waals surface area (Å²) in [6, 6.07) is 0.175. The lowest BCUT2D eigenvalue weighted by Gasteiger charge is -2.36. The molecule has 0 amide bonds. The van der Waals surface area contributed by atoms with Gasteiger partial charge in [-0.15, -0.1) is 0 Å². The van der Waals surface area contributed by atoms with E-state index in [2.05, 4.69) is 18.7 Å².